The number of ether oxygens (including phenoxy) is 3. The number of methoxy groups -OCH3 is 1. The number of fused-ring (bicyclic) bond motifs is 2. The normalized spacial score (nSPS) is 33.8. The van der Waals surface area contributed by atoms with Crippen LogP contribution >= 0.6 is 0 Å². The number of carbonyl (C=O) groups excluding carboxylic acids is 1. The summed E-state index contributed by atoms with van der Waals surface area (Å²) in [5.41, 5.74) is 2.50. The first-order chi connectivity index (χ1) is 11.4. The Morgan fingerprint density at radius 2 is 2.00 bits per heavy atom. The average Bonchev–Trinajstić information content (AvgIpc) is 2.45. The number of nitro groups is 1. The highest BCUT2D eigenvalue weighted by atomic mass is 28.3. The summed E-state index contributed by atoms with van der Waals surface area (Å²) in [6.07, 6.45) is 0.252. The van der Waals surface area contributed by atoms with Crippen molar-refractivity contribution >= 4 is 14.0 Å². The Balaban J connectivity index is 2.45. The van der Waals surface area contributed by atoms with Gasteiger partial charge in [-0.3, -0.25) is 14.9 Å². The van der Waals surface area contributed by atoms with E-state index in [0.717, 1.165) is 0 Å². The van der Waals surface area contributed by atoms with Crippen molar-refractivity contribution in [2.75, 3.05) is 13.7 Å². The maximum atomic E-state index is 12.3. The molecule has 1 heterocycles. The molecule has 0 aromatic carbocycles. The Bertz CT molecular complexity index is 617. The van der Waals surface area contributed by atoms with Gasteiger partial charge in [0, 0.05) is 17.8 Å². The highest BCUT2D eigenvalue weighted by molar-refractivity contribution is 6.83. The van der Waals surface area contributed by atoms with E-state index in [1.165, 1.54) is 7.11 Å². The molecule has 1 saturated heterocycles. The van der Waals surface area contributed by atoms with E-state index in [1.54, 1.807) is 13.8 Å². The molecule has 8 heteroatoms. The van der Waals surface area contributed by atoms with Gasteiger partial charge in [-0.1, -0.05) is 25.6 Å². The first-order valence-electron chi connectivity index (χ1n) is 8.48. The summed E-state index contributed by atoms with van der Waals surface area (Å²) >= 11 is 0. The smallest absolute Gasteiger partial charge is 0.309 e. The third-order valence-corrected chi connectivity index (χ3v) is 5.36. The number of hydrogen-bond acceptors (Lipinski definition) is 6. The van der Waals surface area contributed by atoms with E-state index >= 15 is 0 Å². The number of rotatable bonds is 3. The molecule has 0 aromatic heterocycles. The highest BCUT2D eigenvalue weighted by Crippen LogP contribution is 2.48. The topological polar surface area (TPSA) is 87.9 Å². The Morgan fingerprint density at radius 3 is 2.52 bits per heavy atom. The van der Waals surface area contributed by atoms with Crippen molar-refractivity contribution in [3.05, 3.63) is 10.1 Å². The van der Waals surface area contributed by atoms with Crippen LogP contribution in [0.3, 0.4) is 0 Å². The van der Waals surface area contributed by atoms with Crippen LogP contribution in [0.2, 0.25) is 19.6 Å². The van der Waals surface area contributed by atoms with Crippen LogP contribution in [-0.4, -0.2) is 50.1 Å². The molecule has 0 spiro atoms. The lowest BCUT2D eigenvalue weighted by Crippen LogP contribution is -2.61. The molecule has 2 rings (SSSR count). The van der Waals surface area contributed by atoms with Crippen LogP contribution in [-0.2, 0) is 19.0 Å². The van der Waals surface area contributed by atoms with Gasteiger partial charge in [0.15, 0.2) is 5.79 Å². The minimum absolute atomic E-state index is 0.291. The first kappa shape index (κ1) is 19.9. The molecule has 2 aliphatic rings. The van der Waals surface area contributed by atoms with Gasteiger partial charge >= 0.3 is 5.97 Å². The van der Waals surface area contributed by atoms with Crippen molar-refractivity contribution in [3.63, 3.8) is 0 Å². The molecule has 0 N–H and O–H groups in total. The van der Waals surface area contributed by atoms with E-state index in [0.29, 0.717) is 12.8 Å². The van der Waals surface area contributed by atoms with Crippen molar-refractivity contribution < 1.29 is 23.9 Å². The van der Waals surface area contributed by atoms with E-state index in [2.05, 4.69) is 31.1 Å². The molecular formula is C17H27NO6Si. The fourth-order valence-corrected chi connectivity index (χ4v) is 4.26. The standard InChI is InChI=1S/C17H27NO6Si/c1-16(2)23-14-10-17(24-16,7-8-25(4,5)6)9-12(15(19)22-3)13(14)11-18(20)21/h12-14H,9-11H2,1-6H3/t12-,13+,14-,17-/m0/s1. The second kappa shape index (κ2) is 6.70. The predicted octanol–water partition coefficient (Wildman–Crippen LogP) is 2.23. The zero-order valence-electron chi connectivity index (χ0n) is 15.8. The van der Waals surface area contributed by atoms with Crippen LogP contribution in [0.25, 0.3) is 0 Å². The quantitative estimate of drug-likeness (QED) is 0.249. The van der Waals surface area contributed by atoms with Crippen LogP contribution in [0.1, 0.15) is 26.7 Å². The van der Waals surface area contributed by atoms with Crippen molar-refractivity contribution in [3.8, 4) is 11.5 Å². The molecule has 0 unspecified atom stereocenters. The number of carbonyl (C=O) groups is 1. The number of hydrogen-bond donors (Lipinski definition) is 0. The molecule has 1 saturated carbocycles. The molecule has 4 atom stereocenters. The van der Waals surface area contributed by atoms with Gasteiger partial charge in [-0.15, -0.1) is 5.54 Å². The lowest BCUT2D eigenvalue weighted by Gasteiger charge is -2.53. The number of esters is 1. The summed E-state index contributed by atoms with van der Waals surface area (Å²) in [4.78, 5) is 23.0. The minimum atomic E-state index is -1.66. The van der Waals surface area contributed by atoms with E-state index in [1.807, 2.05) is 0 Å². The molecular weight excluding hydrogens is 342 g/mol. The Labute approximate surface area is 149 Å². The Kier molecular flexibility index (Phi) is 5.33. The SMILES string of the molecule is COC(=O)[C@H]1C[C@@]2(C#C[Si](C)(C)C)C[C@H](OC(C)(C)O2)[C@@H]1C[N+](=O)[O-]. The Morgan fingerprint density at radius 1 is 1.36 bits per heavy atom. The maximum Gasteiger partial charge on any atom is 0.309 e. The summed E-state index contributed by atoms with van der Waals surface area (Å²) in [5.74, 6) is 0.683. The molecule has 2 bridgehead atoms. The van der Waals surface area contributed by atoms with Gasteiger partial charge in [0.2, 0.25) is 6.54 Å². The fraction of sp³-hybridized carbons (Fsp3) is 0.824. The third kappa shape index (κ3) is 4.81. The summed E-state index contributed by atoms with van der Waals surface area (Å²) in [6.45, 7) is 9.63. The van der Waals surface area contributed by atoms with Gasteiger partial charge in [-0.05, 0) is 13.8 Å². The van der Waals surface area contributed by atoms with Crippen LogP contribution in [0, 0.1) is 33.4 Å². The lowest BCUT2D eigenvalue weighted by molar-refractivity contribution is -0.498. The zero-order valence-corrected chi connectivity index (χ0v) is 16.8. The molecule has 1 aliphatic carbocycles. The van der Waals surface area contributed by atoms with Gasteiger partial charge in [0.1, 0.15) is 13.7 Å². The predicted molar refractivity (Wildman–Crippen MR) is 94.0 cm³/mol. The number of nitrogens with zero attached hydrogens (tertiary/aromatic N) is 1. The van der Waals surface area contributed by atoms with Crippen molar-refractivity contribution in [2.24, 2.45) is 11.8 Å². The molecule has 25 heavy (non-hydrogen) atoms. The Hall–Kier alpha value is -1.43. The minimum Gasteiger partial charge on any atom is -0.469 e. The molecule has 7 nitrogen and oxygen atoms in total. The summed E-state index contributed by atoms with van der Waals surface area (Å²) < 4.78 is 17.0. The summed E-state index contributed by atoms with van der Waals surface area (Å²) in [6, 6.07) is 0. The molecule has 140 valence electrons. The van der Waals surface area contributed by atoms with Crippen LogP contribution in [0.15, 0.2) is 0 Å². The van der Waals surface area contributed by atoms with Gasteiger partial charge in [0.25, 0.3) is 0 Å². The van der Waals surface area contributed by atoms with Crippen molar-refractivity contribution in [2.45, 2.75) is 63.8 Å². The van der Waals surface area contributed by atoms with Crippen LogP contribution in [0.5, 0.6) is 0 Å². The van der Waals surface area contributed by atoms with E-state index in [9.17, 15) is 14.9 Å². The van der Waals surface area contributed by atoms with Crippen molar-refractivity contribution in [1.29, 1.82) is 0 Å². The zero-order chi connectivity index (χ0) is 19.0. The fourth-order valence-electron chi connectivity index (χ4n) is 3.65. The third-order valence-electron chi connectivity index (χ3n) is 4.48. The molecule has 0 amide bonds. The monoisotopic (exact) mass is 369 g/mol. The van der Waals surface area contributed by atoms with Crippen LogP contribution in [0.4, 0.5) is 0 Å². The second-order valence-corrected chi connectivity index (χ2v) is 13.1. The molecule has 2 fully saturated rings. The highest BCUT2D eigenvalue weighted by Gasteiger charge is 2.57. The van der Waals surface area contributed by atoms with E-state index < -0.39 is 48.3 Å². The first-order valence-corrected chi connectivity index (χ1v) is 12.0. The lowest BCUT2D eigenvalue weighted by atomic mass is 9.69. The summed E-state index contributed by atoms with van der Waals surface area (Å²) in [7, 11) is -0.362. The van der Waals surface area contributed by atoms with E-state index in [-0.39, 0.29) is 6.54 Å². The molecule has 0 aromatic rings. The maximum absolute atomic E-state index is 12.3. The summed E-state index contributed by atoms with van der Waals surface area (Å²) in [5, 5.41) is 11.1. The van der Waals surface area contributed by atoms with Crippen molar-refractivity contribution in [1.82, 2.24) is 0 Å². The second-order valence-electron chi connectivity index (χ2n) is 8.37. The molecule has 0 radical (unpaired) electrons. The van der Waals surface area contributed by atoms with Gasteiger partial charge in [-0.2, -0.15) is 0 Å². The average molecular weight is 369 g/mol. The van der Waals surface area contributed by atoms with Gasteiger partial charge < -0.3 is 14.2 Å². The molecule has 1 aliphatic heterocycles. The van der Waals surface area contributed by atoms with Gasteiger partial charge in [0.05, 0.1) is 25.0 Å². The van der Waals surface area contributed by atoms with Crippen LogP contribution < -0.4 is 0 Å². The van der Waals surface area contributed by atoms with E-state index in [4.69, 9.17) is 14.2 Å². The van der Waals surface area contributed by atoms with Gasteiger partial charge in [-0.25, -0.2) is 0 Å². The largest absolute Gasteiger partial charge is 0.469 e.